The first-order valence-electron chi connectivity index (χ1n) is 20.9. The number of rotatable bonds is 5. The van der Waals surface area contributed by atoms with Crippen molar-refractivity contribution < 1.29 is 66.8 Å². The number of ether oxygens (including phenoxy) is 1. The van der Waals surface area contributed by atoms with E-state index in [0.29, 0.717) is 48.5 Å². The number of benzene rings is 3. The lowest BCUT2D eigenvalue weighted by molar-refractivity contribution is -0.131. The predicted molar refractivity (Wildman–Crippen MR) is 241 cm³/mol. The minimum absolute atomic E-state index is 0.00694. The van der Waals surface area contributed by atoms with Crippen LogP contribution in [0.2, 0.25) is 0 Å². The van der Waals surface area contributed by atoms with Gasteiger partial charge in [0.25, 0.3) is 17.8 Å². The fourth-order valence-electron chi connectivity index (χ4n) is 7.07. The Labute approximate surface area is 392 Å². The zero-order valence-electron chi connectivity index (χ0n) is 36.1. The minimum atomic E-state index is -5.78. The Morgan fingerprint density at radius 1 is 0.647 bits per heavy atom. The number of phenols is 1. The quantitative estimate of drug-likeness (QED) is 0.0557. The summed E-state index contributed by atoms with van der Waals surface area (Å²) in [5, 5.41) is 14.4. The summed E-state index contributed by atoms with van der Waals surface area (Å²) in [5.41, 5.74) is -2.15. The zero-order chi connectivity index (χ0) is 49.5. The third kappa shape index (κ3) is 14.7. The highest BCUT2D eigenvalue weighted by Crippen LogP contribution is 2.34. The van der Waals surface area contributed by atoms with E-state index in [4.69, 9.17) is 4.74 Å². The maximum absolute atomic E-state index is 13.2. The van der Waals surface area contributed by atoms with E-state index in [2.05, 4.69) is 40.4 Å². The fourth-order valence-corrected chi connectivity index (χ4v) is 7.87. The second-order valence-electron chi connectivity index (χ2n) is 16.0. The predicted octanol–water partition coefficient (Wildman–Crippen LogP) is 10.8. The molecule has 3 aliphatic heterocycles. The molecule has 6 aromatic rings. The smallest absolute Gasteiger partial charge is 0.508 e. The molecule has 3 aromatic heterocycles. The number of pyridine rings is 3. The number of aromatic hydroxyl groups is 1. The van der Waals surface area contributed by atoms with E-state index in [9.17, 15) is 57.8 Å². The first-order chi connectivity index (χ1) is 31.9. The maximum Gasteiger partial charge on any atom is 0.534 e. The Hall–Kier alpha value is -5.68. The van der Waals surface area contributed by atoms with Crippen molar-refractivity contribution in [1.82, 2.24) is 20.3 Å². The van der Waals surface area contributed by atoms with Crippen LogP contribution in [0, 0.1) is 0 Å². The Morgan fingerprint density at radius 3 is 1.54 bits per heavy atom. The average molecular weight is 1050 g/mol. The van der Waals surface area contributed by atoms with Crippen molar-refractivity contribution >= 4 is 76.1 Å². The van der Waals surface area contributed by atoms with Crippen LogP contribution in [0.3, 0.4) is 0 Å². The molecule has 23 heteroatoms. The molecule has 3 aliphatic rings. The van der Waals surface area contributed by atoms with Gasteiger partial charge in [-0.3, -0.25) is 19.7 Å². The van der Waals surface area contributed by atoms with Crippen LogP contribution in [0.15, 0.2) is 95.9 Å². The van der Waals surface area contributed by atoms with Gasteiger partial charge in [-0.05, 0) is 88.7 Å². The number of phenolic OH excluding ortho intramolecular Hbond substituents is 1. The summed E-state index contributed by atoms with van der Waals surface area (Å²) in [6.45, 7) is 3.19. The van der Waals surface area contributed by atoms with E-state index >= 15 is 0 Å². The number of nitrogens with zero attached hydrogens (tertiary/aromatic N) is 5. The summed E-state index contributed by atoms with van der Waals surface area (Å²) in [6, 6.07) is 19.1. The number of aromatic nitrogens is 3. The Morgan fingerprint density at radius 2 is 1.07 bits per heavy atom. The van der Waals surface area contributed by atoms with Crippen molar-refractivity contribution in [3.63, 3.8) is 0 Å². The summed E-state index contributed by atoms with van der Waals surface area (Å²) in [4.78, 5) is 27.0. The number of hydrogen-bond donors (Lipinski definition) is 2. The number of anilines is 2. The first kappa shape index (κ1) is 51.7. The second kappa shape index (κ2) is 21.3. The summed E-state index contributed by atoms with van der Waals surface area (Å²) in [7, 11) is -5.78. The largest absolute Gasteiger partial charge is 0.534 e. The number of nitrogens with one attached hydrogen (secondary N) is 1. The molecule has 0 bridgehead atoms. The van der Waals surface area contributed by atoms with E-state index < -0.39 is 39.1 Å². The molecular weight excluding hydrogens is 1000 g/mol. The molecule has 68 heavy (non-hydrogen) atoms. The second-order valence-corrected chi connectivity index (χ2v) is 18.4. The molecule has 3 aromatic carbocycles. The number of halogens is 10. The van der Waals surface area contributed by atoms with Gasteiger partial charge in [0.2, 0.25) is 0 Å². The summed E-state index contributed by atoms with van der Waals surface area (Å²) in [5.74, 6) is -7.76. The minimum Gasteiger partial charge on any atom is -0.508 e. The van der Waals surface area contributed by atoms with E-state index in [0.717, 1.165) is 44.1 Å². The van der Waals surface area contributed by atoms with Crippen molar-refractivity contribution in [2.75, 3.05) is 49.1 Å². The average Bonchev–Trinajstić information content (AvgIpc) is 3.25. The van der Waals surface area contributed by atoms with Crippen LogP contribution in [0.25, 0.3) is 32.7 Å². The van der Waals surface area contributed by atoms with Crippen LogP contribution < -0.4 is 24.0 Å². The van der Waals surface area contributed by atoms with Gasteiger partial charge in [0.1, 0.15) is 17.2 Å². The van der Waals surface area contributed by atoms with Crippen LogP contribution in [-0.4, -0.2) is 97.0 Å². The molecule has 3 saturated heterocycles. The molecule has 0 aliphatic carbocycles. The third-order valence-electron chi connectivity index (χ3n) is 10.7. The Balaban J connectivity index is 0.000000160. The Kier molecular flexibility index (Phi) is 16.2. The van der Waals surface area contributed by atoms with Gasteiger partial charge < -0.3 is 29.1 Å². The van der Waals surface area contributed by atoms with Gasteiger partial charge in [0, 0.05) is 112 Å². The maximum atomic E-state index is 13.2. The molecular formula is C45H44BrF9N6O6S. The van der Waals surface area contributed by atoms with E-state index in [1.165, 1.54) is 19.2 Å². The number of fused-ring (bicyclic) bond motifs is 3. The number of alkyl halides is 9. The van der Waals surface area contributed by atoms with Gasteiger partial charge in [-0.1, -0.05) is 0 Å². The van der Waals surface area contributed by atoms with Crippen LogP contribution in [0.1, 0.15) is 45.4 Å². The summed E-state index contributed by atoms with van der Waals surface area (Å²) >= 11 is 3.34. The van der Waals surface area contributed by atoms with E-state index in [-0.39, 0.29) is 63.3 Å². The lowest BCUT2D eigenvalue weighted by atomic mass is 10.1. The Bertz CT molecular complexity index is 2820. The van der Waals surface area contributed by atoms with Crippen molar-refractivity contribution in [3.05, 3.63) is 95.9 Å². The van der Waals surface area contributed by atoms with Gasteiger partial charge in [-0.15, -0.1) is 0 Å². The van der Waals surface area contributed by atoms with Gasteiger partial charge in [-0.25, -0.2) is 26.3 Å². The lowest BCUT2D eigenvalue weighted by Crippen LogP contribution is -2.39. The molecule has 366 valence electrons. The van der Waals surface area contributed by atoms with Crippen LogP contribution in [-0.2, 0) is 14.9 Å². The molecule has 0 saturated carbocycles. The molecule has 0 amide bonds. The van der Waals surface area contributed by atoms with Crippen molar-refractivity contribution in [2.24, 2.45) is 0 Å². The number of esters is 1. The van der Waals surface area contributed by atoms with Crippen molar-refractivity contribution in [1.29, 1.82) is 0 Å². The number of piperidine rings is 3. The molecule has 2 N–H and O–H groups in total. The highest BCUT2D eigenvalue weighted by Gasteiger charge is 2.48. The molecule has 9 rings (SSSR count). The lowest BCUT2D eigenvalue weighted by Gasteiger charge is -2.33. The van der Waals surface area contributed by atoms with Gasteiger partial charge in [0.05, 0.1) is 40.3 Å². The molecule has 3 fully saturated rings. The molecule has 0 radical (unpaired) electrons. The number of carbonyl (C=O) groups is 1. The highest BCUT2D eigenvalue weighted by atomic mass is 79.9. The number of hydrogen-bond acceptors (Lipinski definition) is 12. The third-order valence-corrected chi connectivity index (χ3v) is 12.1. The van der Waals surface area contributed by atoms with Gasteiger partial charge >= 0.3 is 21.6 Å². The highest BCUT2D eigenvalue weighted by molar-refractivity contribution is 9.10. The zero-order valence-corrected chi connectivity index (χ0v) is 38.5. The molecule has 0 atom stereocenters. The van der Waals surface area contributed by atoms with E-state index in [1.807, 2.05) is 23.1 Å². The summed E-state index contributed by atoms with van der Waals surface area (Å²) in [6.07, 6.45) is 4.06. The monoisotopic (exact) mass is 1050 g/mol. The first-order valence-corrected chi connectivity index (χ1v) is 23.1. The van der Waals surface area contributed by atoms with Crippen LogP contribution >= 0.6 is 15.9 Å². The normalized spacial score (nSPS) is 17.7. The van der Waals surface area contributed by atoms with Crippen LogP contribution in [0.4, 0.5) is 50.9 Å². The SMILES string of the molecule is CC(=O)Oc1ccc2ncc(Br)cc2c1.FC1(F)CCNCC1.O=S(=O)(Oc1ccc2ncc(N3CCC(F)(F)CC3)cc2c1)C(F)(F)F.Oc1ccc2ncc(N3CCC(F)(F)CC3)cc2c1. The van der Waals surface area contributed by atoms with Gasteiger partial charge in [0.15, 0.2) is 0 Å². The van der Waals surface area contributed by atoms with Crippen LogP contribution in [0.5, 0.6) is 17.2 Å². The fraction of sp³-hybridized carbons (Fsp3) is 0.378. The molecule has 12 nitrogen and oxygen atoms in total. The number of carbonyl (C=O) groups excluding carboxylic acids is 1. The molecule has 0 spiro atoms. The molecule has 6 heterocycles. The topological polar surface area (TPSA) is 147 Å². The van der Waals surface area contributed by atoms with Crippen molar-refractivity contribution in [3.8, 4) is 17.2 Å². The summed E-state index contributed by atoms with van der Waals surface area (Å²) < 4.78 is 146. The van der Waals surface area contributed by atoms with Gasteiger partial charge in [-0.2, -0.15) is 21.6 Å². The standard InChI is InChI=1S/C15H13F5N2O3S.C14H14F2N2O.C11H8BrNO2.C5H9F2N/c16-14(17)3-5-22(6-4-14)11-7-10-8-12(1-2-13(10)21-9-11)25-26(23,24)15(18,19)20;15-14(16)3-5-18(6-4-14)11-7-10-8-12(19)1-2-13(10)17-9-11;1-7(14)15-10-2-3-11-8(5-10)4-9(12)6-13-11;6-5(7)1-3-8-4-2-5/h1-2,7-9H,3-6H2;1-2,7-9,19H,3-6H2;2-6H,1H3;8H,1-4H2. The van der Waals surface area contributed by atoms with E-state index in [1.54, 1.807) is 53.7 Å². The van der Waals surface area contributed by atoms with Crippen molar-refractivity contribution in [2.45, 2.75) is 68.7 Å². The molecule has 0 unspecified atom stereocenters.